The van der Waals surface area contributed by atoms with Gasteiger partial charge in [0.05, 0.1) is 41.2 Å². The zero-order valence-corrected chi connectivity index (χ0v) is 14.8. The topological polar surface area (TPSA) is 95.5 Å². The number of rotatable bonds is 3. The second-order valence-corrected chi connectivity index (χ2v) is 7.50. The summed E-state index contributed by atoms with van der Waals surface area (Å²) in [5.41, 5.74) is 1.89. The molecule has 132 valence electrons. The van der Waals surface area contributed by atoms with Gasteiger partial charge in [-0.2, -0.15) is 5.26 Å². The van der Waals surface area contributed by atoms with E-state index in [1.807, 2.05) is 0 Å². The molecular weight excluding hydrogens is 342 g/mol. The van der Waals surface area contributed by atoms with Crippen molar-refractivity contribution in [3.8, 4) is 6.07 Å². The quantitative estimate of drug-likeness (QED) is 0.870. The van der Waals surface area contributed by atoms with Crippen LogP contribution < -0.4 is 5.32 Å². The lowest BCUT2D eigenvalue weighted by molar-refractivity contribution is -0.0136. The van der Waals surface area contributed by atoms with Crippen LogP contribution in [0.4, 0.5) is 5.95 Å². The summed E-state index contributed by atoms with van der Waals surface area (Å²) in [5.74, 6) is 0.416. The van der Waals surface area contributed by atoms with E-state index >= 15 is 0 Å². The van der Waals surface area contributed by atoms with E-state index < -0.39 is 6.10 Å². The van der Waals surface area contributed by atoms with Crippen LogP contribution in [0.5, 0.6) is 0 Å². The number of aliphatic hydroxyl groups is 1. The van der Waals surface area contributed by atoms with E-state index in [1.165, 1.54) is 0 Å². The molecule has 0 spiro atoms. The van der Waals surface area contributed by atoms with Crippen LogP contribution in [0.3, 0.4) is 0 Å². The third-order valence-corrected chi connectivity index (χ3v) is 5.79. The first-order chi connectivity index (χ1) is 12.0. The molecule has 3 heterocycles. The predicted octanol–water partition coefficient (Wildman–Crippen LogP) is 2.26. The number of nitrogens with zero attached hydrogens (tertiary/aromatic N) is 4. The van der Waals surface area contributed by atoms with Crippen molar-refractivity contribution in [2.24, 2.45) is 0 Å². The van der Waals surface area contributed by atoms with Gasteiger partial charge in [0.1, 0.15) is 11.6 Å². The summed E-state index contributed by atoms with van der Waals surface area (Å²) < 4.78 is 7.00. The van der Waals surface area contributed by atoms with Gasteiger partial charge in [-0.15, -0.1) is 5.10 Å². The standard InChI is InChI=1S/C17H20ClN5O2/c1-17(4-2-5-17)15-10(7-19)14(18)12-8-20-16(22-23(12)15)21-11-3-6-25-9-13(11)24/h8,11,13,24H,2-6,9H2,1H3,(H,21,22)/t11-,13+/m0/s1. The van der Waals surface area contributed by atoms with Crippen molar-refractivity contribution in [3.05, 3.63) is 22.5 Å². The molecule has 7 nitrogen and oxygen atoms in total. The number of nitriles is 1. The SMILES string of the molecule is CC1(c2c(C#N)c(Cl)c3cnc(N[C@H]4CCOC[C@H]4O)nn23)CCC1. The van der Waals surface area contributed by atoms with Crippen molar-refractivity contribution in [3.63, 3.8) is 0 Å². The maximum absolute atomic E-state index is 10.0. The number of fused-ring (bicyclic) bond motifs is 1. The number of hydrogen-bond donors (Lipinski definition) is 2. The highest BCUT2D eigenvalue weighted by Crippen LogP contribution is 2.46. The highest BCUT2D eigenvalue weighted by Gasteiger charge is 2.40. The van der Waals surface area contributed by atoms with Crippen LogP contribution >= 0.6 is 11.6 Å². The van der Waals surface area contributed by atoms with Gasteiger partial charge in [-0.25, -0.2) is 9.50 Å². The minimum absolute atomic E-state index is 0.0923. The number of aromatic nitrogens is 3. The molecule has 1 aliphatic heterocycles. The lowest BCUT2D eigenvalue weighted by Gasteiger charge is -2.38. The molecule has 2 fully saturated rings. The Balaban J connectivity index is 1.77. The molecule has 4 rings (SSSR count). The minimum atomic E-state index is -0.598. The number of halogens is 1. The first-order valence-electron chi connectivity index (χ1n) is 8.54. The Bertz CT molecular complexity index is 855. The number of anilines is 1. The zero-order valence-electron chi connectivity index (χ0n) is 14.0. The first-order valence-corrected chi connectivity index (χ1v) is 8.91. The molecule has 2 aromatic heterocycles. The van der Waals surface area contributed by atoms with Crippen molar-refractivity contribution < 1.29 is 9.84 Å². The molecule has 0 aromatic carbocycles. The monoisotopic (exact) mass is 361 g/mol. The summed E-state index contributed by atoms with van der Waals surface area (Å²) in [6.07, 6.45) is 4.88. The highest BCUT2D eigenvalue weighted by atomic mass is 35.5. The van der Waals surface area contributed by atoms with Crippen LogP contribution in [0.1, 0.15) is 43.9 Å². The van der Waals surface area contributed by atoms with Crippen LogP contribution in [0.2, 0.25) is 5.02 Å². The molecule has 8 heteroatoms. The van der Waals surface area contributed by atoms with Crippen molar-refractivity contribution in [2.75, 3.05) is 18.5 Å². The van der Waals surface area contributed by atoms with Gasteiger partial charge >= 0.3 is 0 Å². The number of hydrogen-bond acceptors (Lipinski definition) is 6. The maximum Gasteiger partial charge on any atom is 0.241 e. The molecule has 2 aromatic rings. The second-order valence-electron chi connectivity index (χ2n) is 7.12. The molecule has 2 aliphatic rings. The molecule has 1 aliphatic carbocycles. The fraction of sp³-hybridized carbons (Fsp3) is 0.588. The fourth-order valence-corrected chi connectivity index (χ4v) is 4.00. The summed E-state index contributed by atoms with van der Waals surface area (Å²) in [5, 5.41) is 27.8. The normalized spacial score (nSPS) is 25.4. The van der Waals surface area contributed by atoms with Crippen molar-refractivity contribution in [1.82, 2.24) is 14.6 Å². The summed E-state index contributed by atoms with van der Waals surface area (Å²) >= 11 is 6.42. The van der Waals surface area contributed by atoms with Crippen LogP contribution in [0.15, 0.2) is 6.20 Å². The van der Waals surface area contributed by atoms with E-state index in [4.69, 9.17) is 16.3 Å². The lowest BCUT2D eigenvalue weighted by Crippen LogP contribution is -2.42. The number of aliphatic hydroxyl groups excluding tert-OH is 1. The van der Waals surface area contributed by atoms with E-state index in [-0.39, 0.29) is 11.5 Å². The van der Waals surface area contributed by atoms with Gasteiger partial charge in [0.15, 0.2) is 0 Å². The van der Waals surface area contributed by atoms with E-state index in [0.717, 1.165) is 25.0 Å². The number of nitrogens with one attached hydrogen (secondary N) is 1. The molecule has 0 bridgehead atoms. The van der Waals surface area contributed by atoms with E-state index in [1.54, 1.807) is 10.7 Å². The van der Waals surface area contributed by atoms with Crippen LogP contribution in [0.25, 0.3) is 5.52 Å². The average Bonchev–Trinajstić information content (AvgIpc) is 2.87. The average molecular weight is 362 g/mol. The van der Waals surface area contributed by atoms with Gasteiger partial charge < -0.3 is 15.2 Å². The smallest absolute Gasteiger partial charge is 0.241 e. The fourth-order valence-electron chi connectivity index (χ4n) is 3.74. The summed E-state index contributed by atoms with van der Waals surface area (Å²) in [4.78, 5) is 4.32. The Kier molecular flexibility index (Phi) is 4.07. The van der Waals surface area contributed by atoms with Crippen molar-refractivity contribution >= 4 is 23.1 Å². The number of ether oxygens (including phenoxy) is 1. The molecular formula is C17H20ClN5O2. The Morgan fingerprint density at radius 1 is 1.52 bits per heavy atom. The summed E-state index contributed by atoms with van der Waals surface area (Å²) in [6.45, 7) is 3.04. The van der Waals surface area contributed by atoms with Crippen molar-refractivity contribution in [2.45, 2.75) is 50.2 Å². The molecule has 1 saturated heterocycles. The van der Waals surface area contributed by atoms with Crippen LogP contribution in [-0.2, 0) is 10.2 Å². The van der Waals surface area contributed by atoms with E-state index in [2.05, 4.69) is 28.4 Å². The first kappa shape index (κ1) is 16.6. The van der Waals surface area contributed by atoms with Gasteiger partial charge in [0, 0.05) is 12.0 Å². The van der Waals surface area contributed by atoms with E-state index in [0.29, 0.717) is 41.7 Å². The minimum Gasteiger partial charge on any atom is -0.389 e. The molecule has 2 atom stereocenters. The Morgan fingerprint density at radius 2 is 2.32 bits per heavy atom. The predicted molar refractivity (Wildman–Crippen MR) is 92.8 cm³/mol. The summed E-state index contributed by atoms with van der Waals surface area (Å²) in [6, 6.07) is 2.08. The van der Waals surface area contributed by atoms with Gasteiger partial charge in [0.2, 0.25) is 5.95 Å². The molecule has 1 saturated carbocycles. The zero-order chi connectivity index (χ0) is 17.6. The maximum atomic E-state index is 10.0. The van der Waals surface area contributed by atoms with Crippen LogP contribution in [-0.4, -0.2) is 45.1 Å². The summed E-state index contributed by atoms with van der Waals surface area (Å²) in [7, 11) is 0. The van der Waals surface area contributed by atoms with Gasteiger partial charge in [0.25, 0.3) is 0 Å². The Labute approximate surface area is 150 Å². The van der Waals surface area contributed by atoms with E-state index in [9.17, 15) is 10.4 Å². The van der Waals surface area contributed by atoms with Crippen LogP contribution in [0, 0.1) is 11.3 Å². The Morgan fingerprint density at radius 3 is 2.96 bits per heavy atom. The third kappa shape index (κ3) is 2.65. The molecule has 0 radical (unpaired) electrons. The largest absolute Gasteiger partial charge is 0.389 e. The lowest BCUT2D eigenvalue weighted by atomic mass is 9.67. The molecule has 25 heavy (non-hydrogen) atoms. The van der Waals surface area contributed by atoms with Gasteiger partial charge in [-0.3, -0.25) is 0 Å². The van der Waals surface area contributed by atoms with Gasteiger partial charge in [-0.05, 0) is 19.3 Å². The highest BCUT2D eigenvalue weighted by molar-refractivity contribution is 6.35. The van der Waals surface area contributed by atoms with Gasteiger partial charge in [-0.1, -0.05) is 24.9 Å². The Hall–Kier alpha value is -1.88. The molecule has 2 N–H and O–H groups in total. The second kappa shape index (κ2) is 6.13. The molecule has 0 unspecified atom stereocenters. The van der Waals surface area contributed by atoms with Crippen molar-refractivity contribution in [1.29, 1.82) is 5.26 Å². The molecule has 0 amide bonds. The third-order valence-electron chi connectivity index (χ3n) is 5.41.